The van der Waals surface area contributed by atoms with Gasteiger partial charge in [0.1, 0.15) is 11.3 Å². The van der Waals surface area contributed by atoms with Crippen molar-refractivity contribution in [2.45, 2.75) is 33.1 Å². The van der Waals surface area contributed by atoms with Crippen LogP contribution in [0.2, 0.25) is 0 Å². The van der Waals surface area contributed by atoms with Crippen molar-refractivity contribution in [1.82, 2.24) is 5.32 Å². The van der Waals surface area contributed by atoms with E-state index in [1.54, 1.807) is 18.2 Å². The van der Waals surface area contributed by atoms with E-state index in [0.717, 1.165) is 46.9 Å². The van der Waals surface area contributed by atoms with Crippen molar-refractivity contribution in [3.8, 4) is 5.75 Å². The summed E-state index contributed by atoms with van der Waals surface area (Å²) in [7, 11) is 0. The number of hydrogen-bond acceptors (Lipinski definition) is 5. The van der Waals surface area contributed by atoms with E-state index >= 15 is 0 Å². The van der Waals surface area contributed by atoms with Crippen LogP contribution in [-0.2, 0) is 17.6 Å². The van der Waals surface area contributed by atoms with Crippen LogP contribution < -0.4 is 21.0 Å². The second-order valence-corrected chi connectivity index (χ2v) is 7.47. The minimum absolute atomic E-state index is 0.312. The number of imide groups is 1. The standard InChI is InChI=1S/C23H22N2O5/c1-13-6-9-19(14(2)10-13)24-23(28)25-21(26)12-29-15-7-8-17-16-4-3-5-18(16)22(27)30-20(17)11-15/h6-11H,3-5,12H2,1-2H3,(H2,24,25,26,28). The Labute approximate surface area is 173 Å². The SMILES string of the molecule is Cc1ccc(NC(=O)NC(=O)COc2ccc3c4c(c(=O)oc3c2)CCC4)c(C)c1. The fraction of sp³-hybridized carbons (Fsp3) is 0.261. The van der Waals surface area contributed by atoms with Crippen molar-refractivity contribution in [3.63, 3.8) is 0 Å². The number of rotatable bonds is 4. The number of benzene rings is 2. The van der Waals surface area contributed by atoms with Crippen molar-refractivity contribution in [2.24, 2.45) is 0 Å². The number of ether oxygens (including phenoxy) is 1. The van der Waals surface area contributed by atoms with E-state index in [-0.39, 0.29) is 12.2 Å². The van der Waals surface area contributed by atoms with Gasteiger partial charge in [0, 0.05) is 22.7 Å². The molecule has 1 aromatic heterocycles. The Morgan fingerprint density at radius 2 is 1.87 bits per heavy atom. The second kappa shape index (κ2) is 8.02. The fourth-order valence-corrected chi connectivity index (χ4v) is 3.77. The highest BCUT2D eigenvalue weighted by Gasteiger charge is 2.20. The summed E-state index contributed by atoms with van der Waals surface area (Å²) in [6, 6.07) is 10.1. The summed E-state index contributed by atoms with van der Waals surface area (Å²) < 4.78 is 10.9. The van der Waals surface area contributed by atoms with Gasteiger partial charge in [0.05, 0.1) is 0 Å². The molecule has 0 radical (unpaired) electrons. The third kappa shape index (κ3) is 4.05. The molecular formula is C23H22N2O5. The molecule has 2 aromatic carbocycles. The third-order valence-electron chi connectivity index (χ3n) is 5.20. The summed E-state index contributed by atoms with van der Waals surface area (Å²) in [5, 5.41) is 5.77. The number of anilines is 1. The molecule has 30 heavy (non-hydrogen) atoms. The van der Waals surface area contributed by atoms with Crippen LogP contribution in [0.25, 0.3) is 11.0 Å². The first-order valence-corrected chi connectivity index (χ1v) is 9.80. The van der Waals surface area contributed by atoms with Gasteiger partial charge >= 0.3 is 11.7 Å². The van der Waals surface area contributed by atoms with Crippen LogP contribution in [0.3, 0.4) is 0 Å². The predicted octanol–water partition coefficient (Wildman–Crippen LogP) is 3.63. The molecule has 154 valence electrons. The zero-order valence-corrected chi connectivity index (χ0v) is 16.8. The topological polar surface area (TPSA) is 97.6 Å². The van der Waals surface area contributed by atoms with E-state index in [2.05, 4.69) is 10.6 Å². The molecule has 1 aliphatic carbocycles. The lowest BCUT2D eigenvalue weighted by Gasteiger charge is -2.11. The lowest BCUT2D eigenvalue weighted by Crippen LogP contribution is -2.37. The fourth-order valence-electron chi connectivity index (χ4n) is 3.77. The van der Waals surface area contributed by atoms with Crippen LogP contribution in [0.1, 0.15) is 28.7 Å². The quantitative estimate of drug-likeness (QED) is 0.645. The summed E-state index contributed by atoms with van der Waals surface area (Å²) in [4.78, 5) is 36.2. The third-order valence-corrected chi connectivity index (χ3v) is 5.20. The van der Waals surface area contributed by atoms with E-state index in [0.29, 0.717) is 17.0 Å². The van der Waals surface area contributed by atoms with Gasteiger partial charge in [-0.15, -0.1) is 0 Å². The molecule has 0 saturated heterocycles. The second-order valence-electron chi connectivity index (χ2n) is 7.47. The first-order valence-electron chi connectivity index (χ1n) is 9.80. The minimum Gasteiger partial charge on any atom is -0.484 e. The number of carbonyl (C=O) groups is 2. The van der Waals surface area contributed by atoms with Gasteiger partial charge in [-0.1, -0.05) is 17.7 Å². The van der Waals surface area contributed by atoms with Gasteiger partial charge in [0.25, 0.3) is 5.91 Å². The van der Waals surface area contributed by atoms with E-state index in [4.69, 9.17) is 9.15 Å². The number of fused-ring (bicyclic) bond motifs is 3. The van der Waals surface area contributed by atoms with Gasteiger partial charge in [-0.2, -0.15) is 0 Å². The van der Waals surface area contributed by atoms with Gasteiger partial charge < -0.3 is 14.5 Å². The molecule has 1 heterocycles. The monoisotopic (exact) mass is 406 g/mol. The maximum atomic E-state index is 12.1. The molecule has 3 amide bonds. The Kier molecular flexibility index (Phi) is 5.27. The summed E-state index contributed by atoms with van der Waals surface area (Å²) in [5.41, 5.74) is 4.53. The molecule has 0 unspecified atom stereocenters. The number of nitrogens with one attached hydrogen (secondary N) is 2. The molecule has 7 nitrogen and oxygen atoms in total. The van der Waals surface area contributed by atoms with E-state index < -0.39 is 11.9 Å². The molecular weight excluding hydrogens is 384 g/mol. The molecule has 0 bridgehead atoms. The normalized spacial score (nSPS) is 12.5. The smallest absolute Gasteiger partial charge is 0.339 e. The molecule has 3 aromatic rings. The van der Waals surface area contributed by atoms with Crippen LogP contribution in [0, 0.1) is 13.8 Å². The number of amides is 3. The minimum atomic E-state index is -0.629. The van der Waals surface area contributed by atoms with E-state index in [1.807, 2.05) is 32.0 Å². The van der Waals surface area contributed by atoms with Crippen molar-refractivity contribution in [3.05, 3.63) is 69.1 Å². The molecule has 0 atom stereocenters. The average molecular weight is 406 g/mol. The predicted molar refractivity (Wildman–Crippen MR) is 113 cm³/mol. The average Bonchev–Trinajstić information content (AvgIpc) is 3.19. The summed E-state index contributed by atoms with van der Waals surface area (Å²) in [5.74, 6) is -0.207. The molecule has 0 spiro atoms. The van der Waals surface area contributed by atoms with Gasteiger partial charge in [0.15, 0.2) is 6.61 Å². The highest BCUT2D eigenvalue weighted by atomic mass is 16.5. The van der Waals surface area contributed by atoms with Gasteiger partial charge in [-0.25, -0.2) is 9.59 Å². The van der Waals surface area contributed by atoms with Crippen molar-refractivity contribution in [1.29, 1.82) is 0 Å². The highest BCUT2D eigenvalue weighted by molar-refractivity contribution is 6.02. The van der Waals surface area contributed by atoms with Crippen molar-refractivity contribution >= 4 is 28.6 Å². The number of carbonyl (C=O) groups excluding carboxylic acids is 2. The number of aryl methyl sites for hydroxylation is 3. The van der Waals surface area contributed by atoms with Gasteiger partial charge in [-0.3, -0.25) is 10.1 Å². The maximum Gasteiger partial charge on any atom is 0.339 e. The van der Waals surface area contributed by atoms with Gasteiger partial charge in [0.2, 0.25) is 0 Å². The Balaban J connectivity index is 1.37. The Morgan fingerprint density at radius 3 is 2.67 bits per heavy atom. The molecule has 4 rings (SSSR count). The Hall–Kier alpha value is -3.61. The lowest BCUT2D eigenvalue weighted by molar-refractivity contribution is -0.121. The molecule has 1 aliphatic rings. The van der Waals surface area contributed by atoms with Crippen LogP contribution in [-0.4, -0.2) is 18.5 Å². The molecule has 0 aliphatic heterocycles. The van der Waals surface area contributed by atoms with Gasteiger partial charge in [-0.05, 0) is 62.4 Å². The first-order chi connectivity index (χ1) is 14.4. The van der Waals surface area contributed by atoms with Crippen LogP contribution >= 0.6 is 0 Å². The number of urea groups is 1. The van der Waals surface area contributed by atoms with Crippen LogP contribution in [0.5, 0.6) is 5.75 Å². The number of hydrogen-bond donors (Lipinski definition) is 2. The van der Waals surface area contributed by atoms with E-state index in [9.17, 15) is 14.4 Å². The van der Waals surface area contributed by atoms with Crippen molar-refractivity contribution < 1.29 is 18.7 Å². The molecule has 0 saturated carbocycles. The van der Waals surface area contributed by atoms with Crippen LogP contribution in [0.15, 0.2) is 45.6 Å². The zero-order valence-electron chi connectivity index (χ0n) is 16.8. The Morgan fingerprint density at radius 1 is 1.07 bits per heavy atom. The Bertz CT molecular complexity index is 1210. The summed E-state index contributed by atoms with van der Waals surface area (Å²) >= 11 is 0. The molecule has 2 N–H and O–H groups in total. The summed E-state index contributed by atoms with van der Waals surface area (Å²) in [6.07, 6.45) is 2.55. The lowest BCUT2D eigenvalue weighted by atomic mass is 10.1. The maximum absolute atomic E-state index is 12.1. The zero-order chi connectivity index (χ0) is 21.3. The molecule has 0 fully saturated rings. The highest BCUT2D eigenvalue weighted by Crippen LogP contribution is 2.29. The van der Waals surface area contributed by atoms with Crippen molar-refractivity contribution in [2.75, 3.05) is 11.9 Å². The largest absolute Gasteiger partial charge is 0.484 e. The van der Waals surface area contributed by atoms with E-state index in [1.165, 1.54) is 0 Å². The summed E-state index contributed by atoms with van der Waals surface area (Å²) in [6.45, 7) is 3.49. The van der Waals surface area contributed by atoms with Crippen LogP contribution in [0.4, 0.5) is 10.5 Å². The first kappa shape index (κ1) is 19.7. The molecule has 7 heteroatoms.